The Morgan fingerprint density at radius 1 is 1.33 bits per heavy atom. The van der Waals surface area contributed by atoms with Crippen LogP contribution in [-0.2, 0) is 4.79 Å². The molecule has 3 rings (SSSR count). The first-order chi connectivity index (χ1) is 12.9. The zero-order chi connectivity index (χ0) is 19.6. The van der Waals surface area contributed by atoms with E-state index in [9.17, 15) is 9.90 Å². The first-order valence-electron chi connectivity index (χ1n) is 8.24. The van der Waals surface area contributed by atoms with Crippen molar-refractivity contribution in [2.45, 2.75) is 19.3 Å². The van der Waals surface area contributed by atoms with E-state index in [1.54, 1.807) is 24.3 Å². The number of benzene rings is 2. The zero-order valence-corrected chi connectivity index (χ0v) is 17.0. The highest BCUT2D eigenvalue weighted by Crippen LogP contribution is 2.37. The van der Waals surface area contributed by atoms with Gasteiger partial charge in [-0.25, -0.2) is 0 Å². The summed E-state index contributed by atoms with van der Waals surface area (Å²) in [7, 11) is 0. The standard InChI is InChI=1S/C19H18Cl2N2O3S/c1-3-26-15-8-11(7-13(21)17(15)24)9-16-18(25)23-19(27-16)22-14-5-4-12(20)6-10(14)2/h4-9,19,22,24H,3H2,1-2H3,(H,23,25)/b16-9-. The van der Waals surface area contributed by atoms with Crippen LogP contribution in [0.15, 0.2) is 35.2 Å². The van der Waals surface area contributed by atoms with Crippen LogP contribution in [0.3, 0.4) is 0 Å². The van der Waals surface area contributed by atoms with Gasteiger partial charge in [0.15, 0.2) is 17.0 Å². The fraction of sp³-hybridized carbons (Fsp3) is 0.211. The number of carbonyl (C=O) groups is 1. The first kappa shape index (κ1) is 19.7. The summed E-state index contributed by atoms with van der Waals surface area (Å²) in [5, 5.41) is 16.9. The van der Waals surface area contributed by atoms with Crippen molar-refractivity contribution in [3.63, 3.8) is 0 Å². The molecule has 1 unspecified atom stereocenters. The molecule has 1 amide bonds. The van der Waals surface area contributed by atoms with Gasteiger partial charge in [0, 0.05) is 10.7 Å². The van der Waals surface area contributed by atoms with Crippen LogP contribution < -0.4 is 15.4 Å². The number of ether oxygens (including phenoxy) is 1. The molecule has 0 spiro atoms. The summed E-state index contributed by atoms with van der Waals surface area (Å²) < 4.78 is 5.38. The van der Waals surface area contributed by atoms with Crippen molar-refractivity contribution < 1.29 is 14.6 Å². The second-order valence-corrected chi connectivity index (χ2v) is 7.86. The van der Waals surface area contributed by atoms with Crippen LogP contribution in [0.25, 0.3) is 6.08 Å². The highest BCUT2D eigenvalue weighted by molar-refractivity contribution is 8.05. The van der Waals surface area contributed by atoms with Crippen LogP contribution >= 0.6 is 35.0 Å². The molecule has 0 aromatic heterocycles. The number of phenolic OH excluding ortho intramolecular Hbond substituents is 1. The third kappa shape index (κ3) is 4.64. The molecule has 1 saturated heterocycles. The maximum Gasteiger partial charge on any atom is 0.260 e. The predicted molar refractivity (Wildman–Crippen MR) is 112 cm³/mol. The summed E-state index contributed by atoms with van der Waals surface area (Å²) in [6.07, 6.45) is 1.71. The molecule has 8 heteroatoms. The Balaban J connectivity index is 1.79. The number of nitrogens with one attached hydrogen (secondary N) is 2. The van der Waals surface area contributed by atoms with Gasteiger partial charge in [-0.3, -0.25) is 4.79 Å². The molecule has 2 aromatic carbocycles. The first-order valence-corrected chi connectivity index (χ1v) is 9.88. The number of aryl methyl sites for hydroxylation is 1. The number of rotatable bonds is 5. The summed E-state index contributed by atoms with van der Waals surface area (Å²) >= 11 is 13.4. The highest BCUT2D eigenvalue weighted by Gasteiger charge is 2.27. The SMILES string of the molecule is CCOc1cc(/C=C2\SC(Nc3ccc(Cl)cc3C)NC2=O)cc(Cl)c1O. The third-order valence-corrected chi connectivity index (χ3v) is 5.41. The molecule has 2 aromatic rings. The minimum atomic E-state index is -0.303. The number of hydrogen-bond acceptors (Lipinski definition) is 5. The number of phenols is 1. The molecule has 1 aliphatic heterocycles. The van der Waals surface area contributed by atoms with E-state index in [0.717, 1.165) is 11.3 Å². The van der Waals surface area contributed by atoms with Crippen molar-refractivity contribution in [3.05, 3.63) is 56.4 Å². The predicted octanol–water partition coefficient (Wildman–Crippen LogP) is 5.01. The Hall–Kier alpha value is -2.02. The second-order valence-electron chi connectivity index (χ2n) is 5.87. The fourth-order valence-electron chi connectivity index (χ4n) is 2.59. The van der Waals surface area contributed by atoms with Crippen molar-refractivity contribution in [1.82, 2.24) is 5.32 Å². The molecule has 3 N–H and O–H groups in total. The largest absolute Gasteiger partial charge is 0.503 e. The monoisotopic (exact) mass is 424 g/mol. The molecule has 5 nitrogen and oxygen atoms in total. The van der Waals surface area contributed by atoms with Gasteiger partial charge in [0.05, 0.1) is 16.5 Å². The van der Waals surface area contributed by atoms with Crippen molar-refractivity contribution in [2.24, 2.45) is 0 Å². The number of aromatic hydroxyl groups is 1. The van der Waals surface area contributed by atoms with Gasteiger partial charge in [0.1, 0.15) is 0 Å². The van der Waals surface area contributed by atoms with Gasteiger partial charge in [0.2, 0.25) is 0 Å². The Labute approximate surface area is 171 Å². The average Bonchev–Trinajstić information content (AvgIpc) is 2.94. The molecule has 0 aliphatic carbocycles. The van der Waals surface area contributed by atoms with E-state index in [0.29, 0.717) is 22.1 Å². The normalized spacial score (nSPS) is 17.9. The lowest BCUT2D eigenvalue weighted by molar-refractivity contribution is -0.116. The minimum absolute atomic E-state index is 0.109. The average molecular weight is 425 g/mol. The number of halogens is 2. The fourth-order valence-corrected chi connectivity index (χ4v) is 4.01. The molecule has 1 atom stereocenters. The van der Waals surface area contributed by atoms with E-state index in [2.05, 4.69) is 10.6 Å². The molecule has 0 radical (unpaired) electrons. The maximum absolute atomic E-state index is 12.3. The number of carbonyl (C=O) groups excluding carboxylic acids is 1. The lowest BCUT2D eigenvalue weighted by atomic mass is 10.2. The molecule has 1 aliphatic rings. The van der Waals surface area contributed by atoms with Crippen LogP contribution in [0, 0.1) is 6.92 Å². The molecule has 0 saturated carbocycles. The van der Waals surface area contributed by atoms with Crippen molar-refractivity contribution in [2.75, 3.05) is 11.9 Å². The molecular weight excluding hydrogens is 407 g/mol. The highest BCUT2D eigenvalue weighted by atomic mass is 35.5. The smallest absolute Gasteiger partial charge is 0.260 e. The second kappa shape index (κ2) is 8.33. The maximum atomic E-state index is 12.3. The molecule has 1 heterocycles. The third-order valence-electron chi connectivity index (χ3n) is 3.85. The molecule has 0 bridgehead atoms. The lowest BCUT2D eigenvalue weighted by Gasteiger charge is -2.15. The molecule has 1 fully saturated rings. The van der Waals surface area contributed by atoms with Gasteiger partial charge in [0.25, 0.3) is 5.91 Å². The van der Waals surface area contributed by atoms with Crippen LogP contribution in [-0.4, -0.2) is 23.1 Å². The Bertz CT molecular complexity index is 918. The minimum Gasteiger partial charge on any atom is -0.503 e. The zero-order valence-electron chi connectivity index (χ0n) is 14.7. The van der Waals surface area contributed by atoms with Crippen molar-refractivity contribution >= 4 is 52.6 Å². The topological polar surface area (TPSA) is 70.6 Å². The summed E-state index contributed by atoms with van der Waals surface area (Å²) in [6, 6.07) is 8.76. The summed E-state index contributed by atoms with van der Waals surface area (Å²) in [5.41, 5.74) is 2.25. The number of anilines is 1. The van der Waals surface area contributed by atoms with Crippen LogP contribution in [0.5, 0.6) is 11.5 Å². The number of amides is 1. The van der Waals surface area contributed by atoms with Gasteiger partial charge in [-0.05, 0) is 61.4 Å². The van der Waals surface area contributed by atoms with E-state index in [4.69, 9.17) is 27.9 Å². The van der Waals surface area contributed by atoms with Crippen molar-refractivity contribution in [3.8, 4) is 11.5 Å². The Morgan fingerprint density at radius 2 is 2.11 bits per heavy atom. The molecule has 142 valence electrons. The van der Waals surface area contributed by atoms with Crippen molar-refractivity contribution in [1.29, 1.82) is 0 Å². The molecule has 27 heavy (non-hydrogen) atoms. The van der Waals surface area contributed by atoms with E-state index in [1.165, 1.54) is 11.8 Å². The van der Waals surface area contributed by atoms with Crippen LogP contribution in [0.2, 0.25) is 10.0 Å². The Kier molecular flexibility index (Phi) is 6.09. The van der Waals surface area contributed by atoms with Gasteiger partial charge in [-0.1, -0.05) is 35.0 Å². The van der Waals surface area contributed by atoms with E-state index in [1.807, 2.05) is 26.0 Å². The number of hydrogen-bond donors (Lipinski definition) is 3. The summed E-state index contributed by atoms with van der Waals surface area (Å²) in [5.74, 6) is -0.0139. The quantitative estimate of drug-likeness (QED) is 0.588. The molecular formula is C19H18Cl2N2O3S. The van der Waals surface area contributed by atoms with Crippen LogP contribution in [0.1, 0.15) is 18.1 Å². The van der Waals surface area contributed by atoms with Gasteiger partial charge in [-0.15, -0.1) is 0 Å². The summed E-state index contributed by atoms with van der Waals surface area (Å²) in [4.78, 5) is 12.8. The summed E-state index contributed by atoms with van der Waals surface area (Å²) in [6.45, 7) is 4.15. The van der Waals surface area contributed by atoms with Gasteiger partial charge >= 0.3 is 0 Å². The lowest BCUT2D eigenvalue weighted by Crippen LogP contribution is -2.31. The van der Waals surface area contributed by atoms with E-state index in [-0.39, 0.29) is 27.9 Å². The van der Waals surface area contributed by atoms with Gasteiger partial charge in [-0.2, -0.15) is 0 Å². The van der Waals surface area contributed by atoms with E-state index < -0.39 is 0 Å². The Morgan fingerprint density at radius 3 is 2.81 bits per heavy atom. The van der Waals surface area contributed by atoms with Crippen LogP contribution in [0.4, 0.5) is 5.69 Å². The van der Waals surface area contributed by atoms with E-state index >= 15 is 0 Å². The number of thioether (sulfide) groups is 1. The van der Waals surface area contributed by atoms with Gasteiger partial charge < -0.3 is 20.5 Å².